The highest BCUT2D eigenvalue weighted by Gasteiger charge is 2.29. The Labute approximate surface area is 167 Å². The number of pyridine rings is 1. The van der Waals surface area contributed by atoms with Gasteiger partial charge in [-0.15, -0.1) is 16.6 Å². The fourth-order valence-corrected chi connectivity index (χ4v) is 3.81. The molecule has 3 aromatic rings. The highest BCUT2D eigenvalue weighted by Crippen LogP contribution is 2.34. The maximum atomic E-state index is 12.3. The van der Waals surface area contributed by atoms with E-state index >= 15 is 0 Å². The average Bonchev–Trinajstić information content (AvgIpc) is 3.37. The average molecular weight is 394 g/mol. The molecule has 0 unspecified atom stereocenters. The minimum Gasteiger partial charge on any atom is -0.418 e. The van der Waals surface area contributed by atoms with Crippen LogP contribution in [0.3, 0.4) is 0 Å². The molecule has 9 nitrogen and oxygen atoms in total. The molecule has 9 heteroatoms. The second-order valence-corrected chi connectivity index (χ2v) is 7.31. The maximum absolute atomic E-state index is 12.3. The molecule has 1 amide bonds. The van der Waals surface area contributed by atoms with Gasteiger partial charge in [-0.2, -0.15) is 0 Å². The van der Waals surface area contributed by atoms with Crippen LogP contribution in [0.4, 0.5) is 5.69 Å². The third-order valence-corrected chi connectivity index (χ3v) is 5.03. The van der Waals surface area contributed by atoms with Crippen LogP contribution >= 0.6 is 0 Å². The number of carbonyl (C=O) groups is 1. The zero-order chi connectivity index (χ0) is 20.4. The summed E-state index contributed by atoms with van der Waals surface area (Å²) in [4.78, 5) is 21.7. The number of fused-ring (bicyclic) bond motifs is 1. The van der Waals surface area contributed by atoms with Gasteiger partial charge in [-0.25, -0.2) is 4.98 Å². The number of H-pyrrole nitrogens is 1. The molecule has 3 aromatic heterocycles. The topological polar surface area (TPSA) is 120 Å². The normalized spacial score (nSPS) is 19.3. The van der Waals surface area contributed by atoms with Crippen molar-refractivity contribution in [1.82, 2.24) is 25.1 Å². The summed E-state index contributed by atoms with van der Waals surface area (Å²) in [6, 6.07) is 1.95. The van der Waals surface area contributed by atoms with Gasteiger partial charge in [0.05, 0.1) is 17.7 Å². The number of hydrogen-bond donors (Lipinski definition) is 3. The van der Waals surface area contributed by atoms with E-state index in [2.05, 4.69) is 38.3 Å². The number of anilines is 1. The van der Waals surface area contributed by atoms with Gasteiger partial charge in [0.1, 0.15) is 12.3 Å². The van der Waals surface area contributed by atoms with Crippen molar-refractivity contribution in [2.75, 3.05) is 18.4 Å². The molecule has 4 rings (SSSR count). The summed E-state index contributed by atoms with van der Waals surface area (Å²) in [5, 5.41) is 21.5. The van der Waals surface area contributed by atoms with Crippen LogP contribution in [0.1, 0.15) is 25.7 Å². The van der Waals surface area contributed by atoms with E-state index in [4.69, 9.17) is 10.8 Å². The quantitative estimate of drug-likeness (QED) is 0.564. The van der Waals surface area contributed by atoms with Gasteiger partial charge in [0.25, 0.3) is 5.89 Å². The number of likely N-dealkylation sites (tertiary alicyclic amines) is 1. The molecule has 0 saturated carbocycles. The molecule has 1 aliphatic rings. The Bertz CT molecular complexity index is 1070. The molecule has 29 heavy (non-hydrogen) atoms. The number of aliphatic hydroxyl groups is 1. The third-order valence-electron chi connectivity index (χ3n) is 5.03. The molecule has 0 bridgehead atoms. The summed E-state index contributed by atoms with van der Waals surface area (Å²) >= 11 is 0. The molecule has 0 spiro atoms. The number of piperidine rings is 1. The smallest absolute Gasteiger partial charge is 0.251 e. The molecule has 150 valence electrons. The summed E-state index contributed by atoms with van der Waals surface area (Å²) in [6.45, 7) is 3.05. The summed E-state index contributed by atoms with van der Waals surface area (Å²) in [5.74, 6) is 3.14. The summed E-state index contributed by atoms with van der Waals surface area (Å²) in [5.41, 5.74) is 2.17. The van der Waals surface area contributed by atoms with Crippen LogP contribution in [0.15, 0.2) is 22.9 Å². The molecular weight excluding hydrogens is 372 g/mol. The number of nitrogens with zero attached hydrogens (tertiary/aromatic N) is 4. The Kier molecular flexibility index (Phi) is 5.18. The molecule has 1 aliphatic heterocycles. The molecule has 3 N–H and O–H groups in total. The van der Waals surface area contributed by atoms with Crippen LogP contribution in [0, 0.1) is 18.3 Å². The minimum atomic E-state index is -0.331. The number of rotatable bonds is 5. The first-order valence-corrected chi connectivity index (χ1v) is 9.46. The van der Waals surface area contributed by atoms with Gasteiger partial charge in [-0.3, -0.25) is 4.79 Å². The van der Waals surface area contributed by atoms with Crippen molar-refractivity contribution in [3.63, 3.8) is 0 Å². The van der Waals surface area contributed by atoms with Crippen LogP contribution in [0.2, 0.25) is 0 Å². The number of aromatic amines is 1. The number of aliphatic hydroxyl groups excluding tert-OH is 1. The monoisotopic (exact) mass is 394 g/mol. The number of terminal acetylenes is 1. The van der Waals surface area contributed by atoms with Crippen LogP contribution in [-0.4, -0.2) is 55.2 Å². The van der Waals surface area contributed by atoms with Crippen molar-refractivity contribution in [2.45, 2.75) is 32.4 Å². The predicted molar refractivity (Wildman–Crippen MR) is 107 cm³/mol. The SMILES string of the molecule is C#CCC(=O)N1C[C@@H](C)C[C@@H](Nc2c(-c3nnc(CO)o3)cnc3[nH]ccc23)C1. The Balaban J connectivity index is 1.67. The van der Waals surface area contributed by atoms with E-state index in [1.807, 2.05) is 17.2 Å². The van der Waals surface area contributed by atoms with E-state index in [1.54, 1.807) is 6.20 Å². The first-order chi connectivity index (χ1) is 14.1. The van der Waals surface area contributed by atoms with E-state index in [9.17, 15) is 9.90 Å². The van der Waals surface area contributed by atoms with E-state index in [-0.39, 0.29) is 36.8 Å². The Morgan fingerprint density at radius 2 is 2.34 bits per heavy atom. The van der Waals surface area contributed by atoms with E-state index in [0.29, 0.717) is 24.6 Å². The summed E-state index contributed by atoms with van der Waals surface area (Å²) < 4.78 is 5.54. The van der Waals surface area contributed by atoms with E-state index < -0.39 is 0 Å². The van der Waals surface area contributed by atoms with Crippen LogP contribution < -0.4 is 5.32 Å². The Morgan fingerprint density at radius 3 is 3.10 bits per heavy atom. The standard InChI is InChI=1S/C20H22N6O3/c1-3-4-17(28)26-9-12(2)7-13(10-26)23-18-14-5-6-21-19(14)22-8-15(18)20-25-24-16(11-27)29-20/h1,5-6,8,12-13,27H,4,7,9-11H2,2H3,(H2,21,22,23)/t12-,13+/m0/s1. The fourth-order valence-electron chi connectivity index (χ4n) is 3.81. The van der Waals surface area contributed by atoms with Crippen molar-refractivity contribution in [3.8, 4) is 23.8 Å². The van der Waals surface area contributed by atoms with Crippen molar-refractivity contribution < 1.29 is 14.3 Å². The van der Waals surface area contributed by atoms with Crippen molar-refractivity contribution in [2.24, 2.45) is 5.92 Å². The first-order valence-electron chi connectivity index (χ1n) is 9.46. The molecule has 0 aliphatic carbocycles. The largest absolute Gasteiger partial charge is 0.418 e. The molecule has 0 radical (unpaired) electrons. The third kappa shape index (κ3) is 3.79. The Morgan fingerprint density at radius 1 is 1.48 bits per heavy atom. The van der Waals surface area contributed by atoms with Gasteiger partial charge in [-0.1, -0.05) is 12.8 Å². The maximum Gasteiger partial charge on any atom is 0.251 e. The summed E-state index contributed by atoms with van der Waals surface area (Å²) in [6.07, 6.45) is 9.79. The lowest BCUT2D eigenvalue weighted by atomic mass is 9.95. The molecule has 2 atom stereocenters. The van der Waals surface area contributed by atoms with Crippen LogP contribution in [0.5, 0.6) is 0 Å². The molecule has 1 saturated heterocycles. The van der Waals surface area contributed by atoms with Gasteiger partial charge in [0, 0.05) is 36.9 Å². The first kappa shape index (κ1) is 19.0. The van der Waals surface area contributed by atoms with Crippen LogP contribution in [0.25, 0.3) is 22.5 Å². The lowest BCUT2D eigenvalue weighted by Crippen LogP contribution is -2.48. The van der Waals surface area contributed by atoms with Crippen molar-refractivity contribution in [1.29, 1.82) is 0 Å². The van der Waals surface area contributed by atoms with Gasteiger partial charge < -0.3 is 24.7 Å². The van der Waals surface area contributed by atoms with E-state index in [0.717, 1.165) is 23.1 Å². The number of nitrogens with one attached hydrogen (secondary N) is 2. The van der Waals surface area contributed by atoms with Gasteiger partial charge >= 0.3 is 0 Å². The zero-order valence-corrected chi connectivity index (χ0v) is 16.1. The zero-order valence-electron chi connectivity index (χ0n) is 16.1. The van der Waals surface area contributed by atoms with Gasteiger partial charge in [0.2, 0.25) is 11.8 Å². The van der Waals surface area contributed by atoms with E-state index in [1.165, 1.54) is 0 Å². The predicted octanol–water partition coefficient (Wildman–Crippen LogP) is 1.78. The lowest BCUT2D eigenvalue weighted by Gasteiger charge is -2.37. The highest BCUT2D eigenvalue weighted by atomic mass is 16.4. The van der Waals surface area contributed by atoms with Crippen molar-refractivity contribution >= 4 is 22.6 Å². The molecule has 0 aromatic carbocycles. The van der Waals surface area contributed by atoms with Crippen LogP contribution in [-0.2, 0) is 11.4 Å². The number of amides is 1. The van der Waals surface area contributed by atoms with Crippen molar-refractivity contribution in [3.05, 3.63) is 24.4 Å². The number of hydrogen-bond acceptors (Lipinski definition) is 7. The molecule has 1 fully saturated rings. The summed E-state index contributed by atoms with van der Waals surface area (Å²) in [7, 11) is 0. The number of aromatic nitrogens is 4. The molecular formula is C20H22N6O3. The minimum absolute atomic E-state index is 0.0277. The number of carbonyl (C=O) groups excluding carboxylic acids is 1. The molecule has 4 heterocycles. The Hall–Kier alpha value is -3.38. The van der Waals surface area contributed by atoms with Gasteiger partial charge in [0.15, 0.2) is 0 Å². The fraction of sp³-hybridized carbons (Fsp3) is 0.400. The van der Waals surface area contributed by atoms with Gasteiger partial charge in [-0.05, 0) is 18.4 Å². The highest BCUT2D eigenvalue weighted by molar-refractivity contribution is 5.97. The lowest BCUT2D eigenvalue weighted by molar-refractivity contribution is -0.131. The second kappa shape index (κ2) is 7.93. The second-order valence-electron chi connectivity index (χ2n) is 7.31.